The predicted octanol–water partition coefficient (Wildman–Crippen LogP) is 6.06. The monoisotopic (exact) mass is 656 g/mol. The first-order valence-electron chi connectivity index (χ1n) is 16.3. The molecule has 1 spiro atoms. The number of nitrogens with one attached hydrogen (secondary N) is 1. The van der Waals surface area contributed by atoms with Crippen molar-refractivity contribution in [1.29, 1.82) is 0 Å². The van der Waals surface area contributed by atoms with Crippen LogP contribution in [0.1, 0.15) is 73.9 Å². The van der Waals surface area contributed by atoms with Gasteiger partial charge in [0.25, 0.3) is 5.91 Å². The molecule has 2 aromatic carbocycles. The molecular formula is C35H45ClN2O6S. The zero-order valence-corrected chi connectivity index (χ0v) is 28.0. The Labute approximate surface area is 272 Å². The van der Waals surface area contributed by atoms with Gasteiger partial charge in [-0.2, -0.15) is 0 Å². The summed E-state index contributed by atoms with van der Waals surface area (Å²) in [5.41, 5.74) is 3.42. The van der Waals surface area contributed by atoms with E-state index in [1.807, 2.05) is 31.2 Å². The third kappa shape index (κ3) is 6.78. The highest BCUT2D eigenvalue weighted by Crippen LogP contribution is 2.47. The molecule has 10 heteroatoms. The number of amides is 1. The Morgan fingerprint density at radius 1 is 1.18 bits per heavy atom. The Balaban J connectivity index is 1.41. The van der Waals surface area contributed by atoms with Crippen molar-refractivity contribution in [2.24, 2.45) is 11.8 Å². The largest absolute Gasteiger partial charge is 0.490 e. The van der Waals surface area contributed by atoms with Crippen molar-refractivity contribution in [3.63, 3.8) is 0 Å². The number of aryl methyl sites for hydroxylation is 1. The fourth-order valence-electron chi connectivity index (χ4n) is 7.63. The molecule has 1 saturated carbocycles. The summed E-state index contributed by atoms with van der Waals surface area (Å²) >= 11 is 6.43. The van der Waals surface area contributed by atoms with Crippen LogP contribution in [0.2, 0.25) is 5.02 Å². The summed E-state index contributed by atoms with van der Waals surface area (Å²) in [6, 6.07) is 11.5. The van der Waals surface area contributed by atoms with Gasteiger partial charge in [-0.3, -0.25) is 4.79 Å². The zero-order valence-electron chi connectivity index (χ0n) is 26.5. The van der Waals surface area contributed by atoms with Gasteiger partial charge in [-0.1, -0.05) is 29.8 Å². The molecule has 2 heterocycles. The Kier molecular flexibility index (Phi) is 9.53. The van der Waals surface area contributed by atoms with E-state index in [0.717, 1.165) is 55.9 Å². The van der Waals surface area contributed by atoms with E-state index in [4.69, 9.17) is 25.8 Å². The van der Waals surface area contributed by atoms with Crippen molar-refractivity contribution in [2.45, 2.75) is 81.7 Å². The zero-order chi connectivity index (χ0) is 31.8. The molecule has 6 atom stereocenters. The molecule has 1 N–H and O–H groups in total. The predicted molar refractivity (Wildman–Crippen MR) is 177 cm³/mol. The molecular weight excluding hydrogens is 612 g/mol. The minimum atomic E-state index is -3.87. The average molecular weight is 657 g/mol. The van der Waals surface area contributed by atoms with E-state index in [1.54, 1.807) is 20.1 Å². The number of methoxy groups -OCH3 is 1. The number of anilines is 1. The molecule has 6 rings (SSSR count). The smallest absolute Gasteiger partial charge is 0.264 e. The Morgan fingerprint density at radius 3 is 2.80 bits per heavy atom. The number of allylic oxidation sites excluding steroid dienone is 1. The first-order valence-corrected chi connectivity index (χ1v) is 18.2. The van der Waals surface area contributed by atoms with Crippen LogP contribution in [-0.2, 0) is 31.3 Å². The van der Waals surface area contributed by atoms with Crippen molar-refractivity contribution in [2.75, 3.05) is 38.3 Å². The van der Waals surface area contributed by atoms with E-state index in [-0.39, 0.29) is 17.6 Å². The van der Waals surface area contributed by atoms with Crippen molar-refractivity contribution in [3.05, 3.63) is 70.3 Å². The number of hydrogen-bond acceptors (Lipinski definition) is 7. The summed E-state index contributed by atoms with van der Waals surface area (Å²) in [6.07, 6.45) is 10.1. The normalized spacial score (nSPS) is 30.9. The molecule has 1 fully saturated rings. The number of hydrogen-bond donors (Lipinski definition) is 1. The van der Waals surface area contributed by atoms with E-state index in [0.29, 0.717) is 49.2 Å². The summed E-state index contributed by atoms with van der Waals surface area (Å²) in [7, 11) is -2.19. The summed E-state index contributed by atoms with van der Waals surface area (Å²) < 4.78 is 47.1. The van der Waals surface area contributed by atoms with E-state index in [9.17, 15) is 13.2 Å². The fraction of sp³-hybridized carbons (Fsp3) is 0.571. The first kappa shape index (κ1) is 32.4. The highest BCUT2D eigenvalue weighted by atomic mass is 35.5. The summed E-state index contributed by atoms with van der Waals surface area (Å²) in [6.45, 7) is 6.19. The Hall–Kier alpha value is -2.59. The fourth-order valence-corrected chi connectivity index (χ4v) is 8.85. The number of sulfonamides is 1. The maximum atomic E-state index is 13.4. The minimum Gasteiger partial charge on any atom is -0.490 e. The number of carbonyl (C=O) groups is 1. The van der Waals surface area contributed by atoms with E-state index in [1.165, 1.54) is 11.1 Å². The van der Waals surface area contributed by atoms with Gasteiger partial charge in [-0.05, 0) is 112 Å². The first-order chi connectivity index (χ1) is 21.6. The number of rotatable bonds is 4. The van der Waals surface area contributed by atoms with E-state index >= 15 is 0 Å². The SMILES string of the molecule is COC[C@H](C)O[C@H]1/C=C/CC[C@@H](C)S(=O)(=O)NC(=O)c2ccc3c(c2)N(C[C@@H]2CC[C@H]21)C[C@@]1(CCCc2cc(Cl)ccc21)CO3. The topological polar surface area (TPSA) is 94.2 Å². The number of ether oxygens (including phenoxy) is 3. The molecule has 4 aliphatic rings. The van der Waals surface area contributed by atoms with Crippen molar-refractivity contribution < 1.29 is 27.4 Å². The molecule has 2 aliphatic heterocycles. The van der Waals surface area contributed by atoms with Gasteiger partial charge in [0, 0.05) is 36.2 Å². The second kappa shape index (κ2) is 13.3. The molecule has 8 nitrogen and oxygen atoms in total. The summed E-state index contributed by atoms with van der Waals surface area (Å²) in [5.74, 6) is 0.766. The van der Waals surface area contributed by atoms with Gasteiger partial charge in [-0.25, -0.2) is 13.1 Å². The Bertz CT molecular complexity index is 1550. The molecule has 0 saturated heterocycles. The van der Waals surface area contributed by atoms with Crippen LogP contribution in [-0.4, -0.2) is 65.2 Å². The van der Waals surface area contributed by atoms with Gasteiger partial charge in [0.05, 0.1) is 36.4 Å². The highest BCUT2D eigenvalue weighted by molar-refractivity contribution is 7.90. The molecule has 2 aromatic rings. The lowest BCUT2D eigenvalue weighted by molar-refractivity contribution is -0.0716. The van der Waals surface area contributed by atoms with Crippen LogP contribution >= 0.6 is 11.6 Å². The van der Waals surface area contributed by atoms with Crippen LogP contribution in [0.25, 0.3) is 0 Å². The average Bonchev–Trinajstić information content (AvgIpc) is 3.13. The lowest BCUT2D eigenvalue weighted by Gasteiger charge is -2.46. The van der Waals surface area contributed by atoms with Crippen LogP contribution in [0.4, 0.5) is 5.69 Å². The second-order valence-electron chi connectivity index (χ2n) is 13.4. The van der Waals surface area contributed by atoms with E-state index in [2.05, 4.69) is 27.8 Å². The van der Waals surface area contributed by atoms with E-state index < -0.39 is 21.2 Å². The summed E-state index contributed by atoms with van der Waals surface area (Å²) in [5, 5.41) is 0.00954. The number of benzene rings is 2. The molecule has 0 radical (unpaired) electrons. The molecule has 1 amide bonds. The maximum Gasteiger partial charge on any atom is 0.264 e. The quantitative estimate of drug-likeness (QED) is 0.400. The van der Waals surface area contributed by atoms with Crippen LogP contribution < -0.4 is 14.4 Å². The van der Waals surface area contributed by atoms with Crippen molar-refractivity contribution in [3.8, 4) is 5.75 Å². The second-order valence-corrected chi connectivity index (χ2v) is 16.0. The third-order valence-corrected chi connectivity index (χ3v) is 12.3. The molecule has 45 heavy (non-hydrogen) atoms. The van der Waals surface area contributed by atoms with Crippen molar-refractivity contribution in [1.82, 2.24) is 4.72 Å². The van der Waals surface area contributed by atoms with Gasteiger partial charge in [0.2, 0.25) is 10.0 Å². The molecule has 0 unspecified atom stereocenters. The standard InChI is InChI=1S/C35H45ClN2O6S/c1-23(20-42-3)44-32-9-5-4-7-24(2)45(40,41)37-34(39)26-11-15-33-31(18-26)38(19-27-10-13-29(27)32)21-35(22-43-33)16-6-8-25-17-28(36)12-14-30(25)35/h5,9,11-12,14-15,17-18,23-24,27,29,32H,4,6-8,10,13,16,19-22H2,1-3H3,(H,37,39)/b9-5+/t23-,24+,27-,29+,32-,35-/m0/s1. The van der Waals surface area contributed by atoms with Gasteiger partial charge >= 0.3 is 0 Å². The highest BCUT2D eigenvalue weighted by Gasteiger charge is 2.44. The number of carbonyl (C=O) groups excluding carboxylic acids is 1. The number of fused-ring (bicyclic) bond motifs is 4. The number of nitrogens with zero attached hydrogens (tertiary/aromatic N) is 1. The van der Waals surface area contributed by atoms with Crippen molar-refractivity contribution >= 4 is 33.2 Å². The van der Waals surface area contributed by atoms with Crippen LogP contribution in [0.3, 0.4) is 0 Å². The van der Waals surface area contributed by atoms with Crippen LogP contribution in [0.15, 0.2) is 48.6 Å². The Morgan fingerprint density at radius 2 is 2.02 bits per heavy atom. The lowest BCUT2D eigenvalue weighted by atomic mass is 9.68. The maximum absolute atomic E-state index is 13.4. The van der Waals surface area contributed by atoms with Gasteiger partial charge < -0.3 is 19.1 Å². The van der Waals surface area contributed by atoms with Crippen LogP contribution in [0, 0.1) is 11.8 Å². The number of halogens is 1. The molecule has 0 aromatic heterocycles. The van der Waals surface area contributed by atoms with Crippen LogP contribution in [0.5, 0.6) is 5.75 Å². The lowest BCUT2D eigenvalue weighted by Crippen LogP contribution is -2.50. The van der Waals surface area contributed by atoms with Gasteiger partial charge in [0.1, 0.15) is 5.75 Å². The molecule has 2 bridgehead atoms. The molecule has 2 aliphatic carbocycles. The minimum absolute atomic E-state index is 0.0743. The van der Waals surface area contributed by atoms with Gasteiger partial charge in [0.15, 0.2) is 0 Å². The summed E-state index contributed by atoms with van der Waals surface area (Å²) in [4.78, 5) is 15.7. The third-order valence-electron chi connectivity index (χ3n) is 10.3. The van der Waals surface area contributed by atoms with Gasteiger partial charge in [-0.15, -0.1) is 0 Å². The molecule has 244 valence electrons.